The lowest BCUT2D eigenvalue weighted by molar-refractivity contribution is 0.435. The van der Waals surface area contributed by atoms with Gasteiger partial charge in [-0.05, 0) is 17.7 Å². The highest BCUT2D eigenvalue weighted by Crippen LogP contribution is 2.36. The molecule has 0 aliphatic heterocycles. The average Bonchev–Trinajstić information content (AvgIpc) is 2.35. The van der Waals surface area contributed by atoms with E-state index in [4.69, 9.17) is 1.37 Å². The van der Waals surface area contributed by atoms with Gasteiger partial charge in [0.2, 0.25) is 0 Å². The van der Waals surface area contributed by atoms with E-state index in [-0.39, 0.29) is 23.5 Å². The van der Waals surface area contributed by atoms with Crippen molar-refractivity contribution >= 4 is 0 Å². The topological polar surface area (TPSA) is 40.5 Å². The molecule has 1 unspecified atom stereocenters. The monoisotopic (exact) mass is 215 g/mol. The standard InChI is InChI=1S/C14H14O2/c1-10(11-6-3-2-4-7-11)14-12(15)8-5-9-13(14)16/h2-10,15-16H,1H3/i8D. The van der Waals surface area contributed by atoms with Crippen molar-refractivity contribution in [3.8, 4) is 11.5 Å². The number of hydrogen-bond acceptors (Lipinski definition) is 2. The Labute approximate surface area is 96.2 Å². The van der Waals surface area contributed by atoms with Crippen LogP contribution in [0.5, 0.6) is 11.5 Å². The van der Waals surface area contributed by atoms with Crippen molar-refractivity contribution in [2.24, 2.45) is 0 Å². The fourth-order valence-corrected chi connectivity index (χ4v) is 1.82. The van der Waals surface area contributed by atoms with E-state index < -0.39 is 0 Å². The van der Waals surface area contributed by atoms with Gasteiger partial charge in [0.25, 0.3) is 0 Å². The third-order valence-corrected chi connectivity index (χ3v) is 2.72. The first-order valence-corrected chi connectivity index (χ1v) is 5.17. The van der Waals surface area contributed by atoms with E-state index in [2.05, 4.69) is 0 Å². The van der Waals surface area contributed by atoms with Crippen LogP contribution in [-0.4, -0.2) is 10.2 Å². The summed E-state index contributed by atoms with van der Waals surface area (Å²) in [7, 11) is 0. The fourth-order valence-electron chi connectivity index (χ4n) is 1.82. The van der Waals surface area contributed by atoms with Gasteiger partial charge in [-0.1, -0.05) is 43.3 Å². The van der Waals surface area contributed by atoms with Gasteiger partial charge < -0.3 is 10.2 Å². The first-order valence-electron chi connectivity index (χ1n) is 5.67. The van der Waals surface area contributed by atoms with Crippen LogP contribution in [-0.2, 0) is 0 Å². The highest BCUT2D eigenvalue weighted by atomic mass is 16.3. The molecule has 2 aromatic carbocycles. The van der Waals surface area contributed by atoms with E-state index >= 15 is 0 Å². The maximum absolute atomic E-state index is 9.86. The molecule has 2 N–H and O–H groups in total. The van der Waals surface area contributed by atoms with Crippen molar-refractivity contribution in [2.45, 2.75) is 12.8 Å². The molecule has 0 spiro atoms. The first-order chi connectivity index (χ1) is 8.11. The van der Waals surface area contributed by atoms with Gasteiger partial charge in [0.1, 0.15) is 11.5 Å². The molecule has 16 heavy (non-hydrogen) atoms. The van der Waals surface area contributed by atoms with Gasteiger partial charge >= 0.3 is 0 Å². The molecule has 0 bridgehead atoms. The maximum atomic E-state index is 9.86. The number of hydrogen-bond donors (Lipinski definition) is 2. The van der Waals surface area contributed by atoms with Crippen molar-refractivity contribution < 1.29 is 11.6 Å². The van der Waals surface area contributed by atoms with Crippen molar-refractivity contribution in [3.05, 3.63) is 59.6 Å². The molecule has 2 aromatic rings. The predicted molar refractivity (Wildman–Crippen MR) is 63.7 cm³/mol. The molecule has 0 saturated carbocycles. The molecule has 0 amide bonds. The Kier molecular flexibility index (Phi) is 2.48. The van der Waals surface area contributed by atoms with Gasteiger partial charge in [-0.25, -0.2) is 0 Å². The Hall–Kier alpha value is -1.96. The van der Waals surface area contributed by atoms with E-state index in [1.807, 2.05) is 37.3 Å². The Bertz CT molecular complexity index is 523. The molecular formula is C14H14O2. The highest BCUT2D eigenvalue weighted by molar-refractivity contribution is 5.48. The van der Waals surface area contributed by atoms with E-state index in [1.54, 1.807) is 0 Å². The molecule has 0 saturated heterocycles. The first kappa shape index (κ1) is 9.28. The summed E-state index contributed by atoms with van der Waals surface area (Å²) in [5.41, 5.74) is 1.40. The summed E-state index contributed by atoms with van der Waals surface area (Å²) in [4.78, 5) is 0. The van der Waals surface area contributed by atoms with Crippen molar-refractivity contribution in [3.63, 3.8) is 0 Å². The summed E-state index contributed by atoms with van der Waals surface area (Å²) in [6, 6.07) is 12.4. The van der Waals surface area contributed by atoms with Crippen LogP contribution >= 0.6 is 0 Å². The second-order valence-corrected chi connectivity index (χ2v) is 3.76. The van der Waals surface area contributed by atoms with Crippen LogP contribution in [0.2, 0.25) is 0 Å². The molecule has 0 heterocycles. The van der Waals surface area contributed by atoms with Crippen molar-refractivity contribution in [1.82, 2.24) is 0 Å². The molecule has 2 nitrogen and oxygen atoms in total. The van der Waals surface area contributed by atoms with Crippen LogP contribution in [0.3, 0.4) is 0 Å². The van der Waals surface area contributed by atoms with Crippen LogP contribution < -0.4 is 0 Å². The number of phenols is 2. The second-order valence-electron chi connectivity index (χ2n) is 3.76. The molecular weight excluding hydrogens is 200 g/mol. The van der Waals surface area contributed by atoms with Gasteiger partial charge in [-0.2, -0.15) is 0 Å². The normalized spacial score (nSPS) is 13.2. The maximum Gasteiger partial charge on any atom is 0.123 e. The Morgan fingerprint density at radius 1 is 1.00 bits per heavy atom. The average molecular weight is 215 g/mol. The lowest BCUT2D eigenvalue weighted by atomic mass is 9.92. The van der Waals surface area contributed by atoms with Gasteiger partial charge in [0.15, 0.2) is 0 Å². The summed E-state index contributed by atoms with van der Waals surface area (Å²) >= 11 is 0. The summed E-state index contributed by atoms with van der Waals surface area (Å²) in [6.45, 7) is 1.89. The summed E-state index contributed by atoms with van der Waals surface area (Å²) in [6.07, 6.45) is 0. The zero-order valence-corrected chi connectivity index (χ0v) is 9.01. The van der Waals surface area contributed by atoms with Crippen LogP contribution in [0, 0.1) is 0 Å². The predicted octanol–water partition coefficient (Wildman–Crippen LogP) is 3.25. The third kappa shape index (κ3) is 1.87. The highest BCUT2D eigenvalue weighted by Gasteiger charge is 2.16. The van der Waals surface area contributed by atoms with Crippen LogP contribution in [0.25, 0.3) is 0 Å². The molecule has 0 aromatic heterocycles. The Morgan fingerprint density at radius 3 is 2.38 bits per heavy atom. The smallest absolute Gasteiger partial charge is 0.123 e. The zero-order chi connectivity index (χ0) is 12.4. The molecule has 2 heteroatoms. The van der Waals surface area contributed by atoms with Gasteiger partial charge in [-0.3, -0.25) is 0 Å². The van der Waals surface area contributed by atoms with E-state index in [0.717, 1.165) is 5.56 Å². The molecule has 2 rings (SSSR count). The molecule has 1 atom stereocenters. The second kappa shape index (κ2) is 4.27. The fraction of sp³-hybridized carbons (Fsp3) is 0.143. The number of rotatable bonds is 2. The molecule has 0 radical (unpaired) electrons. The quantitative estimate of drug-likeness (QED) is 0.807. The van der Waals surface area contributed by atoms with Crippen LogP contribution in [0.4, 0.5) is 0 Å². The number of aromatic hydroxyl groups is 2. The van der Waals surface area contributed by atoms with Gasteiger partial charge in [-0.15, -0.1) is 0 Å². The van der Waals surface area contributed by atoms with E-state index in [1.165, 1.54) is 12.1 Å². The molecule has 82 valence electrons. The summed E-state index contributed by atoms with van der Waals surface area (Å²) < 4.78 is 7.55. The number of phenolic OH excluding ortho intramolecular Hbond substituents is 2. The van der Waals surface area contributed by atoms with Gasteiger partial charge in [0.05, 0.1) is 1.37 Å². The van der Waals surface area contributed by atoms with Crippen LogP contribution in [0.1, 0.15) is 25.3 Å². The SMILES string of the molecule is [2H]c1ccc(O)c(C(C)c2ccccc2)c1O. The lowest BCUT2D eigenvalue weighted by Gasteiger charge is -2.15. The summed E-state index contributed by atoms with van der Waals surface area (Å²) in [5.74, 6) is -0.280. The Morgan fingerprint density at radius 2 is 1.69 bits per heavy atom. The minimum atomic E-state index is -0.152. The minimum absolute atomic E-state index is 0.0230. The van der Waals surface area contributed by atoms with Crippen LogP contribution in [0.15, 0.2) is 48.5 Å². The zero-order valence-electron chi connectivity index (χ0n) is 10.0. The van der Waals surface area contributed by atoms with Crippen molar-refractivity contribution in [1.29, 1.82) is 0 Å². The van der Waals surface area contributed by atoms with E-state index in [0.29, 0.717) is 5.56 Å². The Balaban J connectivity index is 2.51. The molecule has 0 aliphatic carbocycles. The molecule has 0 aliphatic rings. The molecule has 0 fully saturated rings. The largest absolute Gasteiger partial charge is 0.508 e. The third-order valence-electron chi connectivity index (χ3n) is 2.72. The lowest BCUT2D eigenvalue weighted by Crippen LogP contribution is -1.96. The minimum Gasteiger partial charge on any atom is -0.508 e. The van der Waals surface area contributed by atoms with Crippen molar-refractivity contribution in [2.75, 3.05) is 0 Å². The number of benzene rings is 2. The van der Waals surface area contributed by atoms with E-state index in [9.17, 15) is 10.2 Å². The van der Waals surface area contributed by atoms with Gasteiger partial charge in [0, 0.05) is 11.5 Å². The summed E-state index contributed by atoms with van der Waals surface area (Å²) in [5, 5.41) is 19.7.